The predicted molar refractivity (Wildman–Crippen MR) is 119 cm³/mol. The smallest absolute Gasteiger partial charge is 0.411 e. The van der Waals surface area contributed by atoms with Gasteiger partial charge in [0.15, 0.2) is 0 Å². The molecule has 0 saturated carbocycles. The third-order valence-corrected chi connectivity index (χ3v) is 6.22. The van der Waals surface area contributed by atoms with Crippen LogP contribution < -0.4 is 5.32 Å². The van der Waals surface area contributed by atoms with Crippen LogP contribution in [0, 0.1) is 6.92 Å². The monoisotopic (exact) mass is 409 g/mol. The van der Waals surface area contributed by atoms with Crippen LogP contribution in [0.1, 0.15) is 5.56 Å². The third kappa shape index (κ3) is 6.98. The number of aryl methyl sites for hydroxylation is 1. The summed E-state index contributed by atoms with van der Waals surface area (Å²) in [5.41, 5.74) is 1.89. The van der Waals surface area contributed by atoms with Crippen LogP contribution >= 0.6 is 23.5 Å². The van der Waals surface area contributed by atoms with Gasteiger partial charge >= 0.3 is 6.09 Å². The van der Waals surface area contributed by atoms with Crippen LogP contribution in [0.3, 0.4) is 0 Å². The number of ether oxygens (including phenoxy) is 1. The van der Waals surface area contributed by atoms with E-state index in [4.69, 9.17) is 4.74 Å². The quantitative estimate of drug-likeness (QED) is 0.431. The molecule has 0 aliphatic carbocycles. The van der Waals surface area contributed by atoms with Crippen LogP contribution in [0.4, 0.5) is 10.5 Å². The number of thioether (sulfide) groups is 2. The van der Waals surface area contributed by atoms with Gasteiger partial charge in [-0.25, -0.2) is 4.79 Å². The van der Waals surface area contributed by atoms with Crippen LogP contribution in [-0.2, 0) is 4.74 Å². The number of hydrogen-bond donors (Lipinski definition) is 1. The Kier molecular flexibility index (Phi) is 7.88. The Morgan fingerprint density at radius 2 is 1.32 bits per heavy atom. The molecule has 3 aromatic carbocycles. The fraction of sp³-hybridized carbons (Fsp3) is 0.174. The Bertz CT molecular complexity index is 811. The molecule has 0 spiro atoms. The highest BCUT2D eigenvalue weighted by atomic mass is 32.2. The van der Waals surface area contributed by atoms with Gasteiger partial charge < -0.3 is 4.74 Å². The van der Waals surface area contributed by atoms with Crippen molar-refractivity contribution in [3.05, 3.63) is 90.5 Å². The molecule has 0 atom stereocenters. The zero-order chi connectivity index (χ0) is 19.6. The number of anilines is 1. The van der Waals surface area contributed by atoms with E-state index in [1.165, 1.54) is 9.79 Å². The van der Waals surface area contributed by atoms with E-state index in [1.54, 1.807) is 23.5 Å². The summed E-state index contributed by atoms with van der Waals surface area (Å²) >= 11 is 3.39. The van der Waals surface area contributed by atoms with E-state index in [0.717, 1.165) is 11.3 Å². The minimum Gasteiger partial charge on any atom is -0.444 e. The molecule has 28 heavy (non-hydrogen) atoms. The highest BCUT2D eigenvalue weighted by Crippen LogP contribution is 2.24. The number of carbonyl (C=O) groups excluding carboxylic acids is 1. The summed E-state index contributed by atoms with van der Waals surface area (Å²) in [7, 11) is 0. The van der Waals surface area contributed by atoms with Crippen molar-refractivity contribution in [3.63, 3.8) is 0 Å². The Balaban J connectivity index is 1.58. The zero-order valence-electron chi connectivity index (χ0n) is 15.7. The molecule has 0 radical (unpaired) electrons. The first-order chi connectivity index (χ1) is 13.7. The number of carbonyl (C=O) groups is 1. The number of hydrogen-bond acceptors (Lipinski definition) is 4. The summed E-state index contributed by atoms with van der Waals surface area (Å²) in [5.74, 6) is 1.40. The van der Waals surface area contributed by atoms with Gasteiger partial charge in [0.25, 0.3) is 0 Å². The SMILES string of the molecule is Cc1ccc(NC(=O)OC(CSc2ccccc2)CSc2ccccc2)cc1. The molecule has 0 aromatic heterocycles. The maximum Gasteiger partial charge on any atom is 0.411 e. The number of amides is 1. The van der Waals surface area contributed by atoms with E-state index in [-0.39, 0.29) is 6.10 Å². The molecule has 3 rings (SSSR count). The van der Waals surface area contributed by atoms with Crippen molar-refractivity contribution in [2.45, 2.75) is 22.8 Å². The number of benzene rings is 3. The molecule has 0 unspecified atom stereocenters. The normalized spacial score (nSPS) is 10.6. The summed E-state index contributed by atoms with van der Waals surface area (Å²) in [6.45, 7) is 2.01. The minimum absolute atomic E-state index is 0.208. The summed E-state index contributed by atoms with van der Waals surface area (Å²) in [5, 5.41) is 2.82. The average molecular weight is 410 g/mol. The molecule has 3 nitrogen and oxygen atoms in total. The Hall–Kier alpha value is -2.37. The summed E-state index contributed by atoms with van der Waals surface area (Å²) < 4.78 is 5.74. The van der Waals surface area contributed by atoms with E-state index in [2.05, 4.69) is 29.6 Å². The van der Waals surface area contributed by atoms with Crippen LogP contribution in [0.15, 0.2) is 94.7 Å². The second-order valence-corrected chi connectivity index (χ2v) is 8.45. The first-order valence-electron chi connectivity index (χ1n) is 9.09. The molecule has 0 fully saturated rings. The van der Waals surface area contributed by atoms with Crippen molar-refractivity contribution in [2.24, 2.45) is 0 Å². The molecule has 1 N–H and O–H groups in total. The first-order valence-corrected chi connectivity index (χ1v) is 11.1. The lowest BCUT2D eigenvalue weighted by molar-refractivity contribution is 0.134. The van der Waals surface area contributed by atoms with Gasteiger partial charge in [0.2, 0.25) is 0 Å². The molecular weight excluding hydrogens is 386 g/mol. The predicted octanol–water partition coefficient (Wildman–Crippen LogP) is 6.50. The maximum atomic E-state index is 12.4. The van der Waals surface area contributed by atoms with Gasteiger partial charge in [-0.15, -0.1) is 23.5 Å². The third-order valence-electron chi connectivity index (χ3n) is 3.93. The van der Waals surface area contributed by atoms with Gasteiger partial charge in [0.05, 0.1) is 0 Å². The molecule has 5 heteroatoms. The van der Waals surface area contributed by atoms with E-state index in [9.17, 15) is 4.79 Å². The Morgan fingerprint density at radius 1 is 0.821 bits per heavy atom. The highest BCUT2D eigenvalue weighted by molar-refractivity contribution is 8.00. The van der Waals surface area contributed by atoms with Gasteiger partial charge in [-0.1, -0.05) is 54.1 Å². The van der Waals surface area contributed by atoms with E-state index >= 15 is 0 Å². The molecule has 0 aliphatic heterocycles. The molecule has 144 valence electrons. The maximum absolute atomic E-state index is 12.4. The summed E-state index contributed by atoms with van der Waals surface area (Å²) in [6.07, 6.45) is -0.628. The van der Waals surface area contributed by atoms with Crippen molar-refractivity contribution in [1.29, 1.82) is 0 Å². The Morgan fingerprint density at radius 3 is 1.82 bits per heavy atom. The second kappa shape index (κ2) is 10.8. The van der Waals surface area contributed by atoms with Crippen molar-refractivity contribution in [2.75, 3.05) is 16.8 Å². The minimum atomic E-state index is -0.420. The molecule has 0 heterocycles. The molecular formula is C23H23NO2S2. The first kappa shape index (κ1) is 20.4. The van der Waals surface area contributed by atoms with E-state index < -0.39 is 6.09 Å². The molecule has 0 bridgehead atoms. The summed E-state index contributed by atoms with van der Waals surface area (Å²) in [6, 6.07) is 28.0. The van der Waals surface area contributed by atoms with Crippen molar-refractivity contribution >= 4 is 35.3 Å². The van der Waals surface area contributed by atoms with Gasteiger partial charge in [-0.2, -0.15) is 0 Å². The highest BCUT2D eigenvalue weighted by Gasteiger charge is 2.16. The van der Waals surface area contributed by atoms with Gasteiger partial charge in [0, 0.05) is 27.0 Å². The van der Waals surface area contributed by atoms with Crippen molar-refractivity contribution in [3.8, 4) is 0 Å². The van der Waals surface area contributed by atoms with Gasteiger partial charge in [0.1, 0.15) is 6.10 Å². The van der Waals surface area contributed by atoms with Crippen LogP contribution in [0.2, 0.25) is 0 Å². The summed E-state index contributed by atoms with van der Waals surface area (Å²) in [4.78, 5) is 14.7. The van der Waals surface area contributed by atoms with Crippen LogP contribution in [-0.4, -0.2) is 23.7 Å². The lowest BCUT2D eigenvalue weighted by atomic mass is 10.2. The number of nitrogens with one attached hydrogen (secondary N) is 1. The zero-order valence-corrected chi connectivity index (χ0v) is 17.3. The van der Waals surface area contributed by atoms with Crippen LogP contribution in [0.5, 0.6) is 0 Å². The topological polar surface area (TPSA) is 38.3 Å². The lowest BCUT2D eigenvalue weighted by Gasteiger charge is -2.18. The van der Waals surface area contributed by atoms with Crippen LogP contribution in [0.25, 0.3) is 0 Å². The lowest BCUT2D eigenvalue weighted by Crippen LogP contribution is -2.26. The average Bonchev–Trinajstić information content (AvgIpc) is 2.73. The van der Waals surface area contributed by atoms with Crippen molar-refractivity contribution < 1.29 is 9.53 Å². The van der Waals surface area contributed by atoms with Crippen molar-refractivity contribution in [1.82, 2.24) is 0 Å². The fourth-order valence-corrected chi connectivity index (χ4v) is 4.44. The molecule has 1 amide bonds. The standard InChI is InChI=1S/C23H23NO2S2/c1-18-12-14-19(15-13-18)24-23(25)26-20(16-27-21-8-4-2-5-9-21)17-28-22-10-6-3-7-11-22/h2-15,20H,16-17H2,1H3,(H,24,25). The fourth-order valence-electron chi connectivity index (χ4n) is 2.46. The second-order valence-electron chi connectivity index (χ2n) is 6.27. The molecule has 0 aliphatic rings. The molecule has 0 saturated heterocycles. The van der Waals surface area contributed by atoms with Gasteiger partial charge in [-0.05, 0) is 43.3 Å². The number of rotatable bonds is 8. The van der Waals surface area contributed by atoms with E-state index in [1.807, 2.05) is 67.6 Å². The largest absolute Gasteiger partial charge is 0.444 e. The Labute approximate surface area is 174 Å². The van der Waals surface area contributed by atoms with Gasteiger partial charge in [-0.3, -0.25) is 5.32 Å². The molecule has 3 aromatic rings. The van der Waals surface area contributed by atoms with E-state index in [0.29, 0.717) is 11.5 Å².